The zero-order valence-electron chi connectivity index (χ0n) is 5.00. The molecule has 0 aromatic carbocycles. The molecule has 1 aromatic rings. The summed E-state index contributed by atoms with van der Waals surface area (Å²) in [4.78, 5) is 1.15. The fraction of sp³-hybridized carbons (Fsp3) is 0.333. The van der Waals surface area contributed by atoms with Gasteiger partial charge in [-0.25, -0.2) is 0 Å². The maximum absolute atomic E-state index is 8.85. The van der Waals surface area contributed by atoms with E-state index in [2.05, 4.69) is 0 Å². The van der Waals surface area contributed by atoms with Gasteiger partial charge in [-0.05, 0) is 19.0 Å². The van der Waals surface area contributed by atoms with Crippen LogP contribution >= 0.6 is 11.3 Å². The van der Waals surface area contributed by atoms with Crippen molar-refractivity contribution in [2.75, 3.05) is 6.54 Å². The second-order valence-corrected chi connectivity index (χ2v) is 2.81. The normalized spacial score (nSPS) is 9.89. The standard InChI is InChI=1S/C6H9NOS/c7-2-1-6-3-5(8)4-9-6/h3-4,8H,1-2,7H2. The number of rotatable bonds is 2. The first-order valence-electron chi connectivity index (χ1n) is 2.79. The quantitative estimate of drug-likeness (QED) is 0.647. The van der Waals surface area contributed by atoms with Crippen molar-refractivity contribution in [3.63, 3.8) is 0 Å². The molecule has 2 nitrogen and oxygen atoms in total. The van der Waals surface area contributed by atoms with Gasteiger partial charge in [0, 0.05) is 10.3 Å². The van der Waals surface area contributed by atoms with Gasteiger partial charge in [-0.2, -0.15) is 0 Å². The van der Waals surface area contributed by atoms with Crippen molar-refractivity contribution >= 4 is 11.3 Å². The van der Waals surface area contributed by atoms with Crippen LogP contribution in [0.25, 0.3) is 0 Å². The second kappa shape index (κ2) is 2.85. The van der Waals surface area contributed by atoms with Gasteiger partial charge in [-0.3, -0.25) is 0 Å². The Morgan fingerprint density at radius 1 is 1.67 bits per heavy atom. The SMILES string of the molecule is NCCc1cc(O)cs1. The van der Waals surface area contributed by atoms with Gasteiger partial charge in [0.15, 0.2) is 0 Å². The minimum Gasteiger partial charge on any atom is -0.507 e. The Labute approximate surface area is 57.9 Å². The molecule has 0 bridgehead atoms. The highest BCUT2D eigenvalue weighted by Gasteiger charge is 1.94. The average Bonchev–Trinajstić information content (AvgIpc) is 2.17. The lowest BCUT2D eigenvalue weighted by Gasteiger charge is -1.86. The molecule has 1 aromatic heterocycles. The minimum atomic E-state index is 0.350. The van der Waals surface area contributed by atoms with E-state index in [1.807, 2.05) is 0 Å². The lowest BCUT2D eigenvalue weighted by Crippen LogP contribution is -2.00. The summed E-state index contributed by atoms with van der Waals surface area (Å²) < 4.78 is 0. The highest BCUT2D eigenvalue weighted by molar-refractivity contribution is 7.10. The third kappa shape index (κ3) is 1.69. The molecule has 3 N–H and O–H groups in total. The summed E-state index contributed by atoms with van der Waals surface area (Å²) in [6.45, 7) is 0.653. The van der Waals surface area contributed by atoms with E-state index in [1.165, 1.54) is 0 Å². The molecule has 0 aliphatic carbocycles. The number of nitrogens with two attached hydrogens (primary N) is 1. The summed E-state index contributed by atoms with van der Waals surface area (Å²) in [6.07, 6.45) is 0.866. The van der Waals surface area contributed by atoms with Crippen LogP contribution in [0.4, 0.5) is 0 Å². The topological polar surface area (TPSA) is 46.2 Å². The lowest BCUT2D eigenvalue weighted by molar-refractivity contribution is 0.477. The van der Waals surface area contributed by atoms with Crippen LogP contribution in [0, 0.1) is 0 Å². The Hall–Kier alpha value is -0.540. The molecule has 1 heterocycles. The Bertz CT molecular complexity index is 185. The molecule has 0 amide bonds. The second-order valence-electron chi connectivity index (χ2n) is 1.81. The van der Waals surface area contributed by atoms with Gasteiger partial charge in [-0.15, -0.1) is 11.3 Å². The van der Waals surface area contributed by atoms with Gasteiger partial charge >= 0.3 is 0 Å². The predicted octanol–water partition coefficient (Wildman–Crippen LogP) is 0.955. The molecule has 0 aliphatic heterocycles. The summed E-state index contributed by atoms with van der Waals surface area (Å²) in [5.41, 5.74) is 5.29. The number of hydrogen-bond acceptors (Lipinski definition) is 3. The maximum Gasteiger partial charge on any atom is 0.126 e. The third-order valence-electron chi connectivity index (χ3n) is 1.03. The lowest BCUT2D eigenvalue weighted by atomic mass is 10.3. The molecule has 0 aliphatic rings. The van der Waals surface area contributed by atoms with Crippen molar-refractivity contribution in [1.29, 1.82) is 0 Å². The van der Waals surface area contributed by atoms with E-state index >= 15 is 0 Å². The van der Waals surface area contributed by atoms with E-state index in [0.717, 1.165) is 11.3 Å². The molecule has 0 atom stereocenters. The van der Waals surface area contributed by atoms with E-state index in [-0.39, 0.29) is 0 Å². The van der Waals surface area contributed by atoms with Crippen molar-refractivity contribution in [2.24, 2.45) is 5.73 Å². The molecule has 0 saturated carbocycles. The number of aromatic hydroxyl groups is 1. The first kappa shape index (κ1) is 6.58. The number of hydrogen-bond donors (Lipinski definition) is 2. The van der Waals surface area contributed by atoms with E-state index in [0.29, 0.717) is 12.3 Å². The van der Waals surface area contributed by atoms with Crippen LogP contribution in [0.2, 0.25) is 0 Å². The Morgan fingerprint density at radius 2 is 2.44 bits per heavy atom. The van der Waals surface area contributed by atoms with E-state index in [4.69, 9.17) is 10.8 Å². The average molecular weight is 143 g/mol. The van der Waals surface area contributed by atoms with Crippen LogP contribution in [0.15, 0.2) is 11.4 Å². The molecule has 9 heavy (non-hydrogen) atoms. The maximum atomic E-state index is 8.85. The van der Waals surface area contributed by atoms with E-state index in [1.54, 1.807) is 22.8 Å². The highest BCUT2D eigenvalue weighted by Crippen LogP contribution is 2.19. The van der Waals surface area contributed by atoms with Gasteiger partial charge < -0.3 is 10.8 Å². The van der Waals surface area contributed by atoms with Gasteiger partial charge in [-0.1, -0.05) is 0 Å². The van der Waals surface area contributed by atoms with Crippen LogP contribution in [0.1, 0.15) is 4.88 Å². The van der Waals surface area contributed by atoms with Crippen LogP contribution in [0.3, 0.4) is 0 Å². The monoisotopic (exact) mass is 143 g/mol. The summed E-state index contributed by atoms with van der Waals surface area (Å²) in [5, 5.41) is 10.6. The molecule has 0 saturated heterocycles. The van der Waals surface area contributed by atoms with Crippen LogP contribution in [0.5, 0.6) is 5.75 Å². The van der Waals surface area contributed by atoms with E-state index in [9.17, 15) is 0 Å². The van der Waals surface area contributed by atoms with Gasteiger partial charge in [0.2, 0.25) is 0 Å². The Morgan fingerprint density at radius 3 is 2.89 bits per heavy atom. The molecule has 3 heteroatoms. The van der Waals surface area contributed by atoms with Gasteiger partial charge in [0.25, 0.3) is 0 Å². The molecule has 1 rings (SSSR count). The summed E-state index contributed by atoms with van der Waals surface area (Å²) in [7, 11) is 0. The van der Waals surface area contributed by atoms with Crippen molar-refractivity contribution < 1.29 is 5.11 Å². The fourth-order valence-electron chi connectivity index (χ4n) is 0.642. The zero-order valence-corrected chi connectivity index (χ0v) is 5.82. The third-order valence-corrected chi connectivity index (χ3v) is 2.01. The van der Waals surface area contributed by atoms with Crippen LogP contribution < -0.4 is 5.73 Å². The van der Waals surface area contributed by atoms with Crippen molar-refractivity contribution in [1.82, 2.24) is 0 Å². The van der Waals surface area contributed by atoms with Crippen molar-refractivity contribution in [3.8, 4) is 5.75 Å². The van der Waals surface area contributed by atoms with Crippen LogP contribution in [-0.4, -0.2) is 11.7 Å². The van der Waals surface area contributed by atoms with Gasteiger partial charge in [0.1, 0.15) is 5.75 Å². The summed E-state index contributed by atoms with van der Waals surface area (Å²) >= 11 is 1.54. The molecule has 0 spiro atoms. The van der Waals surface area contributed by atoms with E-state index < -0.39 is 0 Å². The predicted molar refractivity (Wildman–Crippen MR) is 38.7 cm³/mol. The Balaban J connectivity index is 2.61. The molecular weight excluding hydrogens is 134 g/mol. The van der Waals surface area contributed by atoms with Crippen molar-refractivity contribution in [2.45, 2.75) is 6.42 Å². The fourth-order valence-corrected chi connectivity index (χ4v) is 1.41. The first-order chi connectivity index (χ1) is 4.33. The molecule has 0 fully saturated rings. The minimum absolute atomic E-state index is 0.350. The molecule has 0 radical (unpaired) electrons. The van der Waals surface area contributed by atoms with Gasteiger partial charge in [0.05, 0.1) is 0 Å². The van der Waals surface area contributed by atoms with Crippen LogP contribution in [-0.2, 0) is 6.42 Å². The Kier molecular flexibility index (Phi) is 2.08. The largest absolute Gasteiger partial charge is 0.507 e. The summed E-state index contributed by atoms with van der Waals surface area (Å²) in [5.74, 6) is 0.350. The zero-order chi connectivity index (χ0) is 6.69. The highest BCUT2D eigenvalue weighted by atomic mass is 32.1. The van der Waals surface area contributed by atoms with Crippen molar-refractivity contribution in [3.05, 3.63) is 16.3 Å². The number of thiophene rings is 1. The smallest absolute Gasteiger partial charge is 0.126 e. The molecule has 50 valence electrons. The molecular formula is C6H9NOS. The summed E-state index contributed by atoms with van der Waals surface area (Å²) in [6, 6.07) is 1.75. The first-order valence-corrected chi connectivity index (χ1v) is 3.67. The molecule has 0 unspecified atom stereocenters.